The maximum atomic E-state index is 12.0. The highest BCUT2D eigenvalue weighted by molar-refractivity contribution is 5.87. The van der Waals surface area contributed by atoms with E-state index in [9.17, 15) is 9.59 Å². The lowest BCUT2D eigenvalue weighted by Gasteiger charge is -2.16. The third-order valence-electron chi connectivity index (χ3n) is 4.46. The van der Waals surface area contributed by atoms with Crippen molar-refractivity contribution < 1.29 is 14.7 Å². The summed E-state index contributed by atoms with van der Waals surface area (Å²) in [5.74, 6) is -0.0524. The van der Waals surface area contributed by atoms with Crippen molar-refractivity contribution in [3.05, 3.63) is 35.4 Å². The molecule has 120 valence electrons. The van der Waals surface area contributed by atoms with E-state index in [1.165, 1.54) is 19.3 Å². The van der Waals surface area contributed by atoms with Gasteiger partial charge in [-0.25, -0.2) is 4.79 Å². The van der Waals surface area contributed by atoms with Crippen LogP contribution in [0.25, 0.3) is 0 Å². The third-order valence-corrected chi connectivity index (χ3v) is 4.46. The Labute approximate surface area is 131 Å². The van der Waals surface area contributed by atoms with Gasteiger partial charge in [0.25, 0.3) is 0 Å². The molecule has 1 aliphatic carbocycles. The molecule has 0 radical (unpaired) electrons. The Bertz CT molecular complexity index is 510. The summed E-state index contributed by atoms with van der Waals surface area (Å²) in [6.07, 6.45) is 6.93. The zero-order valence-corrected chi connectivity index (χ0v) is 13.2. The molecular weight excluding hydrogens is 278 g/mol. The number of aromatic carboxylic acids is 1. The molecule has 1 fully saturated rings. The van der Waals surface area contributed by atoms with Gasteiger partial charge >= 0.3 is 5.97 Å². The van der Waals surface area contributed by atoms with Gasteiger partial charge in [-0.3, -0.25) is 4.79 Å². The lowest BCUT2D eigenvalue weighted by atomic mass is 10.0. The molecule has 0 heterocycles. The van der Waals surface area contributed by atoms with Crippen molar-refractivity contribution in [2.75, 3.05) is 0 Å². The summed E-state index contributed by atoms with van der Waals surface area (Å²) in [4.78, 5) is 22.8. The highest BCUT2D eigenvalue weighted by Crippen LogP contribution is 2.22. The van der Waals surface area contributed by atoms with E-state index < -0.39 is 5.97 Å². The summed E-state index contributed by atoms with van der Waals surface area (Å²) in [7, 11) is 0. The van der Waals surface area contributed by atoms with Crippen LogP contribution in [0.1, 0.15) is 61.4 Å². The fourth-order valence-electron chi connectivity index (χ4n) is 3.00. The van der Waals surface area contributed by atoms with Crippen molar-refractivity contribution in [2.24, 2.45) is 5.92 Å². The average Bonchev–Trinajstić information content (AvgIpc) is 2.70. The number of aryl methyl sites for hydroxylation is 1. The van der Waals surface area contributed by atoms with Crippen LogP contribution in [0.2, 0.25) is 0 Å². The van der Waals surface area contributed by atoms with Gasteiger partial charge in [0.05, 0.1) is 5.56 Å². The van der Waals surface area contributed by atoms with Crippen LogP contribution in [0.3, 0.4) is 0 Å². The first-order valence-corrected chi connectivity index (χ1v) is 8.16. The molecule has 2 atom stereocenters. The molecule has 2 N–H and O–H groups in total. The molecule has 1 aromatic carbocycles. The van der Waals surface area contributed by atoms with Crippen LogP contribution in [-0.2, 0) is 11.2 Å². The second kappa shape index (κ2) is 7.97. The van der Waals surface area contributed by atoms with Crippen molar-refractivity contribution in [1.29, 1.82) is 0 Å². The van der Waals surface area contributed by atoms with E-state index in [-0.39, 0.29) is 11.5 Å². The number of hydrogen-bond acceptors (Lipinski definition) is 2. The molecule has 1 saturated carbocycles. The minimum absolute atomic E-state index is 0.0989. The number of hydrogen-bond donors (Lipinski definition) is 2. The lowest BCUT2D eigenvalue weighted by molar-refractivity contribution is -0.121. The largest absolute Gasteiger partial charge is 0.478 e. The van der Waals surface area contributed by atoms with Gasteiger partial charge in [0, 0.05) is 12.5 Å². The molecule has 0 saturated heterocycles. The fourth-order valence-corrected chi connectivity index (χ4v) is 3.00. The number of nitrogens with one attached hydrogen (secondary N) is 1. The van der Waals surface area contributed by atoms with E-state index >= 15 is 0 Å². The Balaban J connectivity index is 1.76. The van der Waals surface area contributed by atoms with Gasteiger partial charge < -0.3 is 10.4 Å². The van der Waals surface area contributed by atoms with Gasteiger partial charge in [-0.2, -0.15) is 0 Å². The van der Waals surface area contributed by atoms with Crippen molar-refractivity contribution in [2.45, 2.75) is 57.9 Å². The van der Waals surface area contributed by atoms with Gasteiger partial charge in [-0.1, -0.05) is 31.9 Å². The fraction of sp³-hybridized carbons (Fsp3) is 0.556. The van der Waals surface area contributed by atoms with Gasteiger partial charge in [-0.15, -0.1) is 0 Å². The first-order chi connectivity index (χ1) is 10.5. The van der Waals surface area contributed by atoms with E-state index in [2.05, 4.69) is 12.2 Å². The molecule has 0 aromatic heterocycles. The van der Waals surface area contributed by atoms with Gasteiger partial charge in [-0.05, 0) is 49.3 Å². The highest BCUT2D eigenvalue weighted by Gasteiger charge is 2.17. The zero-order chi connectivity index (χ0) is 15.9. The summed E-state index contributed by atoms with van der Waals surface area (Å²) >= 11 is 0. The molecule has 0 spiro atoms. The van der Waals surface area contributed by atoms with Gasteiger partial charge in [0.1, 0.15) is 0 Å². The van der Waals surface area contributed by atoms with Crippen molar-refractivity contribution >= 4 is 11.9 Å². The lowest BCUT2D eigenvalue weighted by Crippen LogP contribution is -2.34. The van der Waals surface area contributed by atoms with E-state index in [0.717, 1.165) is 24.3 Å². The van der Waals surface area contributed by atoms with Crippen molar-refractivity contribution in [3.63, 3.8) is 0 Å². The standard InChI is InChI=1S/C18H25NO3/c1-13-3-2-4-16(11-5-13)19-17(20)12-8-14-6-9-15(10-7-14)18(21)22/h6-7,9-10,13,16H,2-5,8,11-12H2,1H3,(H,19,20)(H,21,22). The molecule has 1 aliphatic rings. The van der Waals surface area contributed by atoms with E-state index in [1.54, 1.807) is 24.3 Å². The Morgan fingerprint density at radius 2 is 1.86 bits per heavy atom. The Morgan fingerprint density at radius 3 is 2.55 bits per heavy atom. The second-order valence-electron chi connectivity index (χ2n) is 6.38. The van der Waals surface area contributed by atoms with Crippen LogP contribution in [0.5, 0.6) is 0 Å². The topological polar surface area (TPSA) is 66.4 Å². The predicted octanol–water partition coefficient (Wildman–Crippen LogP) is 3.40. The highest BCUT2D eigenvalue weighted by atomic mass is 16.4. The third kappa shape index (κ3) is 5.17. The molecule has 22 heavy (non-hydrogen) atoms. The smallest absolute Gasteiger partial charge is 0.335 e. The minimum Gasteiger partial charge on any atom is -0.478 e. The monoisotopic (exact) mass is 303 g/mol. The number of carbonyl (C=O) groups excluding carboxylic acids is 1. The number of benzene rings is 1. The van der Waals surface area contributed by atoms with E-state index in [4.69, 9.17) is 5.11 Å². The van der Waals surface area contributed by atoms with Crippen molar-refractivity contribution in [1.82, 2.24) is 5.32 Å². The molecule has 4 nitrogen and oxygen atoms in total. The number of amides is 1. The maximum Gasteiger partial charge on any atom is 0.335 e. The van der Waals surface area contributed by atoms with Crippen LogP contribution in [0, 0.1) is 5.92 Å². The maximum absolute atomic E-state index is 12.0. The van der Waals surface area contributed by atoms with Crippen LogP contribution < -0.4 is 5.32 Å². The molecule has 0 aliphatic heterocycles. The number of carboxylic acids is 1. The minimum atomic E-state index is -0.924. The quantitative estimate of drug-likeness (QED) is 0.819. The molecule has 1 aromatic rings. The molecule has 2 unspecified atom stereocenters. The normalized spacial score (nSPS) is 21.9. The van der Waals surface area contributed by atoms with Crippen molar-refractivity contribution in [3.8, 4) is 0 Å². The van der Waals surface area contributed by atoms with Crippen LogP contribution in [0.15, 0.2) is 24.3 Å². The first-order valence-electron chi connectivity index (χ1n) is 8.16. The zero-order valence-electron chi connectivity index (χ0n) is 13.2. The summed E-state index contributed by atoms with van der Waals surface area (Å²) < 4.78 is 0. The van der Waals surface area contributed by atoms with Crippen LogP contribution in [0.4, 0.5) is 0 Å². The van der Waals surface area contributed by atoms with E-state index in [1.807, 2.05) is 0 Å². The molecular formula is C18H25NO3. The Kier molecular flexibility index (Phi) is 5.99. The second-order valence-corrected chi connectivity index (χ2v) is 6.38. The average molecular weight is 303 g/mol. The molecule has 1 amide bonds. The number of rotatable bonds is 5. The summed E-state index contributed by atoms with van der Waals surface area (Å²) in [5.41, 5.74) is 1.27. The molecule has 0 bridgehead atoms. The molecule has 4 heteroatoms. The summed E-state index contributed by atoms with van der Waals surface area (Å²) in [6, 6.07) is 7.06. The Morgan fingerprint density at radius 1 is 1.14 bits per heavy atom. The van der Waals surface area contributed by atoms with Crippen LogP contribution in [-0.4, -0.2) is 23.0 Å². The first kappa shape index (κ1) is 16.5. The Hall–Kier alpha value is -1.84. The predicted molar refractivity (Wildman–Crippen MR) is 85.9 cm³/mol. The number of carboxylic acid groups (broad SMARTS) is 1. The van der Waals surface area contributed by atoms with Crippen LogP contribution >= 0.6 is 0 Å². The van der Waals surface area contributed by atoms with E-state index in [0.29, 0.717) is 18.9 Å². The summed E-state index contributed by atoms with van der Waals surface area (Å²) in [5, 5.41) is 12.0. The number of carbonyl (C=O) groups is 2. The van der Waals surface area contributed by atoms with Gasteiger partial charge in [0.15, 0.2) is 0 Å². The van der Waals surface area contributed by atoms with Gasteiger partial charge in [0.2, 0.25) is 5.91 Å². The summed E-state index contributed by atoms with van der Waals surface area (Å²) in [6.45, 7) is 2.28. The SMILES string of the molecule is CC1CCCC(NC(=O)CCc2ccc(C(=O)O)cc2)CC1. The molecule has 2 rings (SSSR count).